The summed E-state index contributed by atoms with van der Waals surface area (Å²) in [5, 5.41) is 3.10. The molecule has 7 heteroatoms. The van der Waals surface area contributed by atoms with Gasteiger partial charge >= 0.3 is 0 Å². The molecule has 7 nitrogen and oxygen atoms in total. The summed E-state index contributed by atoms with van der Waals surface area (Å²) >= 11 is 0. The van der Waals surface area contributed by atoms with Crippen molar-refractivity contribution in [1.82, 2.24) is 20.0 Å². The predicted octanol–water partition coefficient (Wildman–Crippen LogP) is 4.48. The first-order valence-electron chi connectivity index (χ1n) is 14.2. The van der Waals surface area contributed by atoms with Crippen LogP contribution in [0.4, 0.5) is 0 Å². The molecule has 0 aromatic heterocycles. The Morgan fingerprint density at radius 3 is 2.18 bits per heavy atom. The van der Waals surface area contributed by atoms with E-state index in [9.17, 15) is 14.4 Å². The van der Waals surface area contributed by atoms with E-state index in [4.69, 9.17) is 0 Å². The number of hydrogen-bond acceptors (Lipinski definition) is 4. The third-order valence-corrected chi connectivity index (χ3v) is 7.59. The minimum atomic E-state index is -0.630. The first-order valence-corrected chi connectivity index (χ1v) is 14.2. The Balaban J connectivity index is 2.17. The van der Waals surface area contributed by atoms with Crippen molar-refractivity contribution < 1.29 is 14.4 Å². The van der Waals surface area contributed by atoms with Crippen molar-refractivity contribution >= 4 is 17.7 Å². The molecule has 0 saturated carbocycles. The Morgan fingerprint density at radius 1 is 1.00 bits per heavy atom. The zero-order chi connectivity index (χ0) is 28.6. The van der Waals surface area contributed by atoms with Crippen LogP contribution in [-0.4, -0.2) is 77.2 Å². The Labute approximate surface area is 230 Å². The average Bonchev–Trinajstić information content (AvgIpc) is 2.88. The molecule has 3 atom stereocenters. The van der Waals surface area contributed by atoms with Crippen LogP contribution in [0.15, 0.2) is 42.0 Å². The summed E-state index contributed by atoms with van der Waals surface area (Å²) in [5.74, 6) is -0.247. The summed E-state index contributed by atoms with van der Waals surface area (Å²) in [6, 6.07) is 9.04. The molecule has 1 aromatic carbocycles. The van der Waals surface area contributed by atoms with E-state index >= 15 is 0 Å². The SMILES string of the molecule is C/C(=C\[C@H](C(C)C)N(C)C(=O)C(NC(=O)[C@H]1CCCCN1C(C)C)C(C)C)C(=O)N(C)Cc1ccccc1. The molecule has 2 rings (SSSR count). The van der Waals surface area contributed by atoms with Crippen molar-refractivity contribution in [3.8, 4) is 0 Å². The average molecular weight is 527 g/mol. The first-order chi connectivity index (χ1) is 17.8. The third-order valence-electron chi connectivity index (χ3n) is 7.59. The lowest BCUT2D eigenvalue weighted by molar-refractivity contribution is -0.140. The molecule has 0 aliphatic carbocycles. The highest BCUT2D eigenvalue weighted by Gasteiger charge is 2.36. The molecule has 0 bridgehead atoms. The number of carbonyl (C=O) groups excluding carboxylic acids is 3. The fourth-order valence-electron chi connectivity index (χ4n) is 5.29. The summed E-state index contributed by atoms with van der Waals surface area (Å²) in [7, 11) is 3.57. The van der Waals surface area contributed by atoms with E-state index in [2.05, 4.69) is 24.1 Å². The maximum absolute atomic E-state index is 13.8. The van der Waals surface area contributed by atoms with Gasteiger partial charge < -0.3 is 15.1 Å². The Morgan fingerprint density at radius 2 is 1.63 bits per heavy atom. The zero-order valence-electron chi connectivity index (χ0n) is 25.0. The molecule has 3 amide bonds. The van der Waals surface area contributed by atoms with Crippen molar-refractivity contribution in [1.29, 1.82) is 0 Å². The molecule has 212 valence electrons. The lowest BCUT2D eigenvalue weighted by Crippen LogP contribution is -2.58. The van der Waals surface area contributed by atoms with Gasteiger partial charge in [0.15, 0.2) is 0 Å². The van der Waals surface area contributed by atoms with Crippen LogP contribution in [0.1, 0.15) is 73.3 Å². The maximum Gasteiger partial charge on any atom is 0.249 e. The molecule has 1 aromatic rings. The van der Waals surface area contributed by atoms with Gasteiger partial charge in [0.1, 0.15) is 6.04 Å². The van der Waals surface area contributed by atoms with Gasteiger partial charge in [-0.2, -0.15) is 0 Å². The van der Waals surface area contributed by atoms with Gasteiger partial charge in [-0.05, 0) is 57.6 Å². The lowest BCUT2D eigenvalue weighted by Gasteiger charge is -2.39. The second kappa shape index (κ2) is 14.5. The number of nitrogens with zero attached hydrogens (tertiary/aromatic N) is 3. The molecule has 0 radical (unpaired) electrons. The zero-order valence-corrected chi connectivity index (χ0v) is 25.0. The molecule has 1 heterocycles. The Bertz CT molecular complexity index is 957. The number of benzene rings is 1. The van der Waals surface area contributed by atoms with Crippen LogP contribution >= 0.6 is 0 Å². The number of rotatable bonds is 11. The van der Waals surface area contributed by atoms with Crippen LogP contribution in [0, 0.1) is 11.8 Å². The summed E-state index contributed by atoms with van der Waals surface area (Å²) in [4.78, 5) is 45.9. The van der Waals surface area contributed by atoms with Crippen molar-refractivity contribution in [3.63, 3.8) is 0 Å². The fourth-order valence-corrected chi connectivity index (χ4v) is 5.29. The number of likely N-dealkylation sites (tertiary alicyclic amines) is 1. The minimum Gasteiger partial charge on any atom is -0.343 e. The Hall–Kier alpha value is -2.67. The predicted molar refractivity (Wildman–Crippen MR) is 154 cm³/mol. The lowest BCUT2D eigenvalue weighted by atomic mass is 9.95. The fraction of sp³-hybridized carbons (Fsp3) is 0.645. The van der Waals surface area contributed by atoms with E-state index in [0.717, 1.165) is 31.4 Å². The summed E-state index contributed by atoms with van der Waals surface area (Å²) in [6.45, 7) is 15.5. The molecule has 1 aliphatic heterocycles. The largest absolute Gasteiger partial charge is 0.343 e. The summed E-state index contributed by atoms with van der Waals surface area (Å²) < 4.78 is 0. The third kappa shape index (κ3) is 8.42. The normalized spacial score (nSPS) is 18.4. The van der Waals surface area contributed by atoms with Gasteiger partial charge in [0, 0.05) is 32.3 Å². The van der Waals surface area contributed by atoms with E-state index in [1.807, 2.05) is 71.0 Å². The van der Waals surface area contributed by atoms with Crippen LogP contribution in [0.25, 0.3) is 0 Å². The van der Waals surface area contributed by atoms with Gasteiger partial charge in [-0.3, -0.25) is 19.3 Å². The molecular weight excluding hydrogens is 476 g/mol. The highest BCUT2D eigenvalue weighted by molar-refractivity contribution is 5.93. The molecule has 0 spiro atoms. The molecule has 1 fully saturated rings. The standard InChI is InChI=1S/C31H50N4O3/c1-21(2)27(19-24(7)30(37)33(8)20-25-15-11-10-12-16-25)34(9)31(38)28(22(3)4)32-29(36)26-17-13-14-18-35(26)23(5)6/h10-12,15-16,19,21-23,26-28H,13-14,17-18,20H2,1-9H3,(H,32,36)/b24-19+/t26-,27-,28?/m1/s1. The quantitative estimate of drug-likeness (QED) is 0.432. The van der Waals surface area contributed by atoms with Gasteiger partial charge in [-0.1, -0.05) is 70.5 Å². The van der Waals surface area contributed by atoms with E-state index in [1.54, 1.807) is 23.9 Å². The second-order valence-corrected chi connectivity index (χ2v) is 11.8. The van der Waals surface area contributed by atoms with Gasteiger partial charge in [-0.25, -0.2) is 0 Å². The molecular formula is C31H50N4O3. The van der Waals surface area contributed by atoms with E-state index < -0.39 is 6.04 Å². The van der Waals surface area contributed by atoms with Gasteiger partial charge in [0.05, 0.1) is 12.1 Å². The highest BCUT2D eigenvalue weighted by Crippen LogP contribution is 2.22. The van der Waals surface area contributed by atoms with Gasteiger partial charge in [0.25, 0.3) is 0 Å². The van der Waals surface area contributed by atoms with Gasteiger partial charge in [-0.15, -0.1) is 0 Å². The van der Waals surface area contributed by atoms with E-state index in [1.165, 1.54) is 0 Å². The van der Waals surface area contributed by atoms with Crippen LogP contribution in [-0.2, 0) is 20.9 Å². The van der Waals surface area contributed by atoms with Crippen molar-refractivity contribution in [3.05, 3.63) is 47.5 Å². The molecule has 1 aliphatic rings. The van der Waals surface area contributed by atoms with Crippen LogP contribution in [0.2, 0.25) is 0 Å². The summed E-state index contributed by atoms with van der Waals surface area (Å²) in [5.41, 5.74) is 1.66. The number of hydrogen-bond donors (Lipinski definition) is 1. The van der Waals surface area contributed by atoms with Crippen molar-refractivity contribution in [2.24, 2.45) is 11.8 Å². The van der Waals surface area contributed by atoms with Crippen molar-refractivity contribution in [2.45, 2.75) is 98.4 Å². The maximum atomic E-state index is 13.8. The van der Waals surface area contributed by atoms with Crippen molar-refractivity contribution in [2.75, 3.05) is 20.6 Å². The first kappa shape index (κ1) is 31.5. The smallest absolute Gasteiger partial charge is 0.249 e. The molecule has 1 unspecified atom stereocenters. The minimum absolute atomic E-state index is 0.0654. The topological polar surface area (TPSA) is 73.0 Å². The number of likely N-dealkylation sites (N-methyl/N-ethyl adjacent to an activating group) is 2. The van der Waals surface area contributed by atoms with Gasteiger partial charge in [0.2, 0.25) is 17.7 Å². The Kier molecular flexibility index (Phi) is 12.0. The molecule has 1 N–H and O–H groups in total. The highest BCUT2D eigenvalue weighted by atomic mass is 16.2. The second-order valence-electron chi connectivity index (χ2n) is 11.8. The van der Waals surface area contributed by atoms with E-state index in [-0.39, 0.29) is 47.7 Å². The number of nitrogens with one attached hydrogen (secondary N) is 1. The monoisotopic (exact) mass is 526 g/mol. The summed E-state index contributed by atoms with van der Waals surface area (Å²) in [6.07, 6.45) is 4.83. The van der Waals surface area contributed by atoms with Crippen LogP contribution in [0.3, 0.4) is 0 Å². The number of piperidine rings is 1. The molecule has 38 heavy (non-hydrogen) atoms. The van der Waals surface area contributed by atoms with Crippen LogP contribution < -0.4 is 5.32 Å². The van der Waals surface area contributed by atoms with E-state index in [0.29, 0.717) is 12.1 Å². The number of carbonyl (C=O) groups is 3. The molecule has 1 saturated heterocycles. The number of amides is 3. The van der Waals surface area contributed by atoms with Crippen LogP contribution in [0.5, 0.6) is 0 Å².